The summed E-state index contributed by atoms with van der Waals surface area (Å²) in [4.78, 5) is 12.0. The van der Waals surface area contributed by atoms with E-state index in [-0.39, 0.29) is 30.1 Å². The largest absolute Gasteiger partial charge is 0.480 e. The molecule has 1 atom stereocenters. The first-order valence-corrected chi connectivity index (χ1v) is 10.2. The minimum Gasteiger partial charge on any atom is -0.480 e. The number of hydrogen-bond donors (Lipinski definition) is 1. The molecule has 3 aliphatic carbocycles. The summed E-state index contributed by atoms with van der Waals surface area (Å²) in [5.41, 5.74) is 4.85. The molecule has 8 nitrogen and oxygen atoms in total. The molecule has 2 bridgehead atoms. The molecule has 1 unspecified atom stereocenters. The van der Waals surface area contributed by atoms with Gasteiger partial charge < -0.3 is 24.4 Å². The highest BCUT2D eigenvalue weighted by molar-refractivity contribution is 9.10. The maximum absolute atomic E-state index is 12.0. The Morgan fingerprint density at radius 1 is 1.19 bits per heavy atom. The van der Waals surface area contributed by atoms with Gasteiger partial charge in [-0.1, -0.05) is 21.0 Å². The minimum absolute atomic E-state index is 0.137. The molecule has 0 radical (unpaired) electrons. The Labute approximate surface area is 183 Å². The van der Waals surface area contributed by atoms with E-state index < -0.39 is 24.8 Å². The van der Waals surface area contributed by atoms with E-state index in [9.17, 15) is 18.0 Å². The Balaban J connectivity index is 1.30. The number of primary amides is 1. The van der Waals surface area contributed by atoms with Crippen molar-refractivity contribution in [3.05, 3.63) is 34.6 Å². The summed E-state index contributed by atoms with van der Waals surface area (Å²) in [6.45, 7) is -1.77. The van der Waals surface area contributed by atoms with Crippen molar-refractivity contribution in [1.82, 2.24) is 10.2 Å². The fourth-order valence-corrected chi connectivity index (χ4v) is 4.63. The molecule has 0 spiro atoms. The van der Waals surface area contributed by atoms with Crippen molar-refractivity contribution >= 4 is 21.8 Å². The molecule has 1 amide bonds. The van der Waals surface area contributed by atoms with Gasteiger partial charge in [0.05, 0.1) is 12.0 Å². The van der Waals surface area contributed by atoms with Gasteiger partial charge in [-0.2, -0.15) is 13.2 Å². The van der Waals surface area contributed by atoms with Crippen LogP contribution in [0.5, 0.6) is 11.8 Å². The van der Waals surface area contributed by atoms with E-state index >= 15 is 0 Å². The van der Waals surface area contributed by atoms with E-state index in [1.165, 1.54) is 0 Å². The Morgan fingerprint density at radius 2 is 1.87 bits per heavy atom. The summed E-state index contributed by atoms with van der Waals surface area (Å²) >= 11 is 3.35. The van der Waals surface area contributed by atoms with Crippen molar-refractivity contribution < 1.29 is 36.6 Å². The molecule has 0 saturated heterocycles. The number of nitrogens with two attached hydrogens (primary N) is 1. The molecule has 5 rings (SSSR count). The van der Waals surface area contributed by atoms with Crippen LogP contribution in [-0.4, -0.2) is 48.2 Å². The molecule has 3 saturated carbocycles. The summed E-state index contributed by atoms with van der Waals surface area (Å²) in [7, 11) is 0. The molecule has 1 heterocycles. The fraction of sp³-hybridized carbons (Fsp3) is 0.526. The number of carbonyl (C=O) groups is 1. The average Bonchev–Trinajstić information content (AvgIpc) is 3.07. The fourth-order valence-electron chi connectivity index (χ4n) is 4.36. The van der Waals surface area contributed by atoms with E-state index in [4.69, 9.17) is 19.6 Å². The van der Waals surface area contributed by atoms with Crippen LogP contribution in [0.25, 0.3) is 0 Å². The zero-order valence-electron chi connectivity index (χ0n) is 16.2. The molecule has 12 heteroatoms. The summed E-state index contributed by atoms with van der Waals surface area (Å²) in [5.74, 6) is 0.379. The van der Waals surface area contributed by atoms with Crippen LogP contribution in [-0.2, 0) is 14.9 Å². The summed E-state index contributed by atoms with van der Waals surface area (Å²) in [6, 6.07) is 7.12. The van der Waals surface area contributed by atoms with Gasteiger partial charge in [-0.3, -0.25) is 4.79 Å². The number of ether oxygens (including phenoxy) is 3. The third-order valence-electron chi connectivity index (χ3n) is 5.53. The van der Waals surface area contributed by atoms with Gasteiger partial charge in [-0.15, -0.1) is 5.10 Å². The zero-order chi connectivity index (χ0) is 22.3. The van der Waals surface area contributed by atoms with Crippen molar-refractivity contribution in [3.63, 3.8) is 0 Å². The summed E-state index contributed by atoms with van der Waals surface area (Å²) < 4.78 is 57.9. The van der Waals surface area contributed by atoms with Crippen LogP contribution in [0.15, 0.2) is 33.2 Å². The van der Waals surface area contributed by atoms with Crippen LogP contribution < -0.4 is 15.2 Å². The van der Waals surface area contributed by atoms with Crippen LogP contribution >= 0.6 is 15.9 Å². The second kappa shape index (κ2) is 7.97. The van der Waals surface area contributed by atoms with Crippen LogP contribution in [0.2, 0.25) is 0 Å². The van der Waals surface area contributed by atoms with E-state index in [1.807, 2.05) is 12.1 Å². The van der Waals surface area contributed by atoms with Crippen LogP contribution in [0.1, 0.15) is 25.2 Å². The van der Waals surface area contributed by atoms with Crippen molar-refractivity contribution in [2.45, 2.75) is 37.0 Å². The van der Waals surface area contributed by atoms with Crippen molar-refractivity contribution in [2.24, 2.45) is 11.1 Å². The molecular weight excluding hydrogens is 487 g/mol. The van der Waals surface area contributed by atoms with Gasteiger partial charge in [-0.25, -0.2) is 0 Å². The lowest BCUT2D eigenvalue weighted by molar-refractivity contribution is -0.208. The number of benzene rings is 1. The monoisotopic (exact) mass is 505 g/mol. The summed E-state index contributed by atoms with van der Waals surface area (Å²) in [5, 5.41) is 7.76. The van der Waals surface area contributed by atoms with E-state index in [0.29, 0.717) is 30.9 Å². The number of halogens is 4. The Bertz CT molecular complexity index is 930. The highest BCUT2D eigenvalue weighted by atomic mass is 79.9. The average molecular weight is 506 g/mol. The second-order valence-corrected chi connectivity index (χ2v) is 8.83. The molecule has 3 aliphatic rings. The van der Waals surface area contributed by atoms with Gasteiger partial charge in [0.1, 0.15) is 19.0 Å². The minimum atomic E-state index is -4.39. The van der Waals surface area contributed by atoms with Crippen molar-refractivity contribution in [1.29, 1.82) is 0 Å². The normalized spacial score (nSPS) is 25.3. The van der Waals surface area contributed by atoms with E-state index in [2.05, 4.69) is 30.9 Å². The molecule has 2 N–H and O–H groups in total. The van der Waals surface area contributed by atoms with Gasteiger partial charge in [0, 0.05) is 9.89 Å². The first kappa shape index (κ1) is 21.9. The van der Waals surface area contributed by atoms with Crippen LogP contribution in [0.4, 0.5) is 13.2 Å². The standard InChI is InChI=1S/C19H19BrF3N3O5/c20-11-1-3-12(4-2-11)30-13(14(24)27)17-7-18(8-17,9-17)15-25-26-16(31-15)29-6-5-28-10-19(21,22)23/h1-4,13H,5-10H2,(H2,24,27). The molecule has 2 aromatic rings. The number of amides is 1. The predicted molar refractivity (Wildman–Crippen MR) is 102 cm³/mol. The topological polar surface area (TPSA) is 110 Å². The highest BCUT2D eigenvalue weighted by Gasteiger charge is 2.75. The quantitative estimate of drug-likeness (QED) is 0.493. The smallest absolute Gasteiger partial charge is 0.414 e. The maximum atomic E-state index is 12.0. The Morgan fingerprint density at radius 3 is 2.48 bits per heavy atom. The first-order valence-electron chi connectivity index (χ1n) is 9.44. The second-order valence-electron chi connectivity index (χ2n) is 7.92. The SMILES string of the molecule is NC(=O)C(Oc1ccc(Br)cc1)C12CC(c3nnc(OCCOCC(F)(F)F)o3)(C1)C2. The number of carbonyl (C=O) groups excluding carboxylic acids is 1. The molecule has 31 heavy (non-hydrogen) atoms. The summed E-state index contributed by atoms with van der Waals surface area (Å²) in [6.07, 6.45) is -3.51. The molecule has 168 valence electrons. The number of rotatable bonds is 10. The number of hydrogen-bond acceptors (Lipinski definition) is 7. The van der Waals surface area contributed by atoms with Crippen LogP contribution in [0.3, 0.4) is 0 Å². The van der Waals surface area contributed by atoms with E-state index in [0.717, 1.165) is 4.47 Å². The lowest BCUT2D eigenvalue weighted by atomic mass is 9.33. The van der Waals surface area contributed by atoms with Crippen molar-refractivity contribution in [2.75, 3.05) is 19.8 Å². The number of aromatic nitrogens is 2. The Kier molecular flexibility index (Phi) is 5.63. The highest BCUT2D eigenvalue weighted by Crippen LogP contribution is 2.75. The molecule has 1 aromatic carbocycles. The Hall–Kier alpha value is -2.34. The van der Waals surface area contributed by atoms with Gasteiger partial charge >= 0.3 is 12.3 Å². The zero-order valence-corrected chi connectivity index (χ0v) is 17.7. The number of alkyl halides is 3. The molecule has 0 aliphatic heterocycles. The third kappa shape index (κ3) is 4.49. The maximum Gasteiger partial charge on any atom is 0.414 e. The molecule has 3 fully saturated rings. The van der Waals surface area contributed by atoms with Gasteiger partial charge in [0.2, 0.25) is 5.89 Å². The van der Waals surface area contributed by atoms with Gasteiger partial charge in [0.25, 0.3) is 5.91 Å². The lowest BCUT2D eigenvalue weighted by Gasteiger charge is -2.69. The van der Waals surface area contributed by atoms with Crippen molar-refractivity contribution in [3.8, 4) is 11.8 Å². The molecular formula is C19H19BrF3N3O5. The van der Waals surface area contributed by atoms with Gasteiger partial charge in [0.15, 0.2) is 6.10 Å². The van der Waals surface area contributed by atoms with E-state index in [1.54, 1.807) is 12.1 Å². The third-order valence-corrected chi connectivity index (χ3v) is 6.06. The molecule has 1 aromatic heterocycles. The lowest BCUT2D eigenvalue weighted by Crippen LogP contribution is -2.72. The van der Waals surface area contributed by atoms with Crippen LogP contribution in [0, 0.1) is 5.41 Å². The predicted octanol–water partition coefficient (Wildman–Crippen LogP) is 3.14. The number of nitrogens with zero attached hydrogens (tertiary/aromatic N) is 2. The first-order chi connectivity index (χ1) is 14.6. The van der Waals surface area contributed by atoms with Gasteiger partial charge in [-0.05, 0) is 43.5 Å².